The van der Waals surface area contributed by atoms with Crippen LogP contribution in [0.2, 0.25) is 0 Å². The van der Waals surface area contributed by atoms with Crippen LogP contribution in [0.4, 0.5) is 0 Å². The van der Waals surface area contributed by atoms with Gasteiger partial charge in [0.15, 0.2) is 0 Å². The second-order valence-electron chi connectivity index (χ2n) is 5.52. The fourth-order valence-corrected chi connectivity index (χ4v) is 2.17. The van der Waals surface area contributed by atoms with Crippen molar-refractivity contribution >= 4 is 23.8 Å². The average Bonchev–Trinajstić information content (AvgIpc) is 2.59. The Morgan fingerprint density at radius 2 is 1.52 bits per heavy atom. The number of carboxylic acids is 1. The molecule has 2 amide bonds. The first-order valence-electron chi connectivity index (χ1n) is 8.47. The third kappa shape index (κ3) is 11.6. The van der Waals surface area contributed by atoms with Crippen LogP contribution in [0.3, 0.4) is 0 Å². The van der Waals surface area contributed by atoms with E-state index in [1.807, 2.05) is 0 Å². The van der Waals surface area contributed by atoms with Gasteiger partial charge < -0.3 is 14.6 Å². The minimum Gasteiger partial charge on any atom is -0.550 e. The molecule has 1 atom stereocenters. The molecule has 0 aromatic rings. The first-order chi connectivity index (χ1) is 12.4. The van der Waals surface area contributed by atoms with Gasteiger partial charge in [0.05, 0.1) is 6.26 Å². The molecule has 0 aromatic carbocycles. The fourth-order valence-electron chi connectivity index (χ4n) is 2.17. The Kier molecular flexibility index (Phi) is 16.8. The van der Waals surface area contributed by atoms with Gasteiger partial charge in [-0.3, -0.25) is 14.5 Å². The van der Waals surface area contributed by atoms with Crippen molar-refractivity contribution in [2.24, 2.45) is 0 Å². The summed E-state index contributed by atoms with van der Waals surface area (Å²) in [6, 6.07) is -1.57. The van der Waals surface area contributed by atoms with E-state index >= 15 is 0 Å². The van der Waals surface area contributed by atoms with Crippen molar-refractivity contribution in [2.75, 3.05) is 0 Å². The molecule has 1 unspecified atom stereocenters. The topological polar surface area (TPSA) is 104 Å². The molecule has 144 valence electrons. The quantitative estimate of drug-likeness (QED) is 0.127. The number of esters is 1. The van der Waals surface area contributed by atoms with E-state index in [1.54, 1.807) is 19.1 Å². The molecule has 0 saturated carbocycles. The predicted octanol–water partition coefficient (Wildman–Crippen LogP) is -1.36. The number of carboxylic acid groups (broad SMARTS) is 1. The van der Waals surface area contributed by atoms with Crippen LogP contribution in [0, 0.1) is 0 Å². The molecule has 0 aliphatic heterocycles. The minimum absolute atomic E-state index is 0. The van der Waals surface area contributed by atoms with Gasteiger partial charge in [0.2, 0.25) is 11.8 Å². The molecule has 0 radical (unpaired) electrons. The molecular formula is C19H26NNaO6. The largest absolute Gasteiger partial charge is 1.00 e. The maximum atomic E-state index is 12.5. The van der Waals surface area contributed by atoms with E-state index in [0.29, 0.717) is 30.6 Å². The average molecular weight is 387 g/mol. The molecule has 0 bridgehead atoms. The number of ether oxygens (including phenoxy) is 1. The standard InChI is InChI=1S/C19H27NO6.Na/c1-4-7-9-11-16(21)20(17(22)12-10-8-5-2)15(14-18(23)24)19(25)26-13-6-3;/h4-6,13,15H,1-2,7-12,14H2,3H3,(H,23,24);/q;+1/p-1/b13-6+;. The molecule has 0 heterocycles. The number of allylic oxidation sites excluding steroid dienone is 3. The van der Waals surface area contributed by atoms with E-state index < -0.39 is 36.2 Å². The van der Waals surface area contributed by atoms with E-state index in [-0.39, 0.29) is 42.4 Å². The zero-order valence-electron chi connectivity index (χ0n) is 16.1. The number of imide groups is 1. The number of unbranched alkanes of at least 4 members (excludes halogenated alkanes) is 2. The summed E-state index contributed by atoms with van der Waals surface area (Å²) in [5.41, 5.74) is 0. The molecule has 8 heteroatoms. The third-order valence-corrected chi connectivity index (χ3v) is 3.40. The van der Waals surface area contributed by atoms with Crippen LogP contribution < -0.4 is 34.7 Å². The number of hydrogen-bond acceptors (Lipinski definition) is 6. The van der Waals surface area contributed by atoms with Crippen LogP contribution in [0.25, 0.3) is 0 Å². The molecule has 7 nitrogen and oxygen atoms in total. The summed E-state index contributed by atoms with van der Waals surface area (Å²) in [7, 11) is 0. The van der Waals surface area contributed by atoms with E-state index in [2.05, 4.69) is 13.2 Å². The summed E-state index contributed by atoms with van der Waals surface area (Å²) in [4.78, 5) is 49.0. The SMILES string of the molecule is C=CCCCC(=O)N(C(=O)CCCC=C)C(CC(=O)[O-])C(=O)O/C=C/C.[Na+]. The maximum Gasteiger partial charge on any atom is 1.00 e. The van der Waals surface area contributed by atoms with Gasteiger partial charge in [-0.2, -0.15) is 0 Å². The van der Waals surface area contributed by atoms with Crippen molar-refractivity contribution in [1.82, 2.24) is 4.90 Å². The number of carbonyl (C=O) groups excluding carboxylic acids is 4. The number of amides is 2. The number of aliphatic carboxylic acids is 1. The van der Waals surface area contributed by atoms with Crippen LogP contribution in [0.5, 0.6) is 0 Å². The molecule has 0 aliphatic rings. The summed E-state index contributed by atoms with van der Waals surface area (Å²) in [5.74, 6) is -3.81. The van der Waals surface area contributed by atoms with Gasteiger partial charge in [-0.25, -0.2) is 4.79 Å². The van der Waals surface area contributed by atoms with Gasteiger partial charge in [0, 0.05) is 25.2 Å². The first kappa shape index (κ1) is 27.5. The van der Waals surface area contributed by atoms with E-state index in [9.17, 15) is 24.3 Å². The third-order valence-electron chi connectivity index (χ3n) is 3.40. The Labute approximate surface area is 182 Å². The number of hydrogen-bond donors (Lipinski definition) is 0. The van der Waals surface area contributed by atoms with E-state index in [1.165, 1.54) is 6.08 Å². The molecule has 0 spiro atoms. The van der Waals surface area contributed by atoms with Crippen molar-refractivity contribution in [3.63, 3.8) is 0 Å². The number of nitrogens with zero attached hydrogens (tertiary/aromatic N) is 1. The van der Waals surface area contributed by atoms with Gasteiger partial charge in [-0.05, 0) is 32.6 Å². The van der Waals surface area contributed by atoms with Crippen molar-refractivity contribution in [2.45, 2.75) is 57.9 Å². The zero-order valence-corrected chi connectivity index (χ0v) is 18.1. The molecular weight excluding hydrogens is 361 g/mol. The van der Waals surface area contributed by atoms with Crippen LogP contribution in [-0.2, 0) is 23.9 Å². The van der Waals surface area contributed by atoms with E-state index in [4.69, 9.17) is 4.74 Å². The molecule has 0 aliphatic carbocycles. The summed E-state index contributed by atoms with van der Waals surface area (Å²) in [6.45, 7) is 8.71. The van der Waals surface area contributed by atoms with Crippen LogP contribution >= 0.6 is 0 Å². The van der Waals surface area contributed by atoms with Crippen molar-refractivity contribution in [3.8, 4) is 0 Å². The van der Waals surface area contributed by atoms with Gasteiger partial charge in [0.25, 0.3) is 0 Å². The normalized spacial score (nSPS) is 11.1. The summed E-state index contributed by atoms with van der Waals surface area (Å²) in [5, 5.41) is 11.0. The molecule has 0 aromatic heterocycles. The molecule has 27 heavy (non-hydrogen) atoms. The number of carbonyl (C=O) groups is 4. The summed E-state index contributed by atoms with van der Waals surface area (Å²) >= 11 is 0. The maximum absolute atomic E-state index is 12.5. The fraction of sp³-hybridized carbons (Fsp3) is 0.474. The van der Waals surface area contributed by atoms with Crippen LogP contribution in [0.1, 0.15) is 51.9 Å². The molecule has 0 N–H and O–H groups in total. The van der Waals surface area contributed by atoms with Gasteiger partial charge in [0.1, 0.15) is 6.04 Å². The Bertz CT molecular complexity index is 532. The smallest absolute Gasteiger partial charge is 0.550 e. The van der Waals surface area contributed by atoms with Crippen molar-refractivity contribution < 1.29 is 58.6 Å². The first-order valence-corrected chi connectivity index (χ1v) is 8.47. The second kappa shape index (κ2) is 16.5. The van der Waals surface area contributed by atoms with Crippen LogP contribution in [0.15, 0.2) is 37.6 Å². The van der Waals surface area contributed by atoms with Crippen molar-refractivity contribution in [1.29, 1.82) is 0 Å². The minimum atomic E-state index is -1.57. The Morgan fingerprint density at radius 3 is 1.89 bits per heavy atom. The van der Waals surface area contributed by atoms with Gasteiger partial charge in [-0.15, -0.1) is 13.2 Å². The molecule has 0 fully saturated rings. The molecule has 0 saturated heterocycles. The van der Waals surface area contributed by atoms with Gasteiger partial charge in [-0.1, -0.05) is 18.2 Å². The predicted molar refractivity (Wildman–Crippen MR) is 94.3 cm³/mol. The van der Waals surface area contributed by atoms with Crippen molar-refractivity contribution in [3.05, 3.63) is 37.6 Å². The number of rotatable bonds is 13. The monoisotopic (exact) mass is 387 g/mol. The summed E-state index contributed by atoms with van der Waals surface area (Å²) in [6.07, 6.45) is 6.86. The molecule has 0 rings (SSSR count). The Hall–Kier alpha value is -1.70. The zero-order chi connectivity index (χ0) is 19.9. The summed E-state index contributed by atoms with van der Waals surface area (Å²) < 4.78 is 4.80. The van der Waals surface area contributed by atoms with E-state index in [0.717, 1.165) is 6.26 Å². The Balaban J connectivity index is 0. The van der Waals surface area contributed by atoms with Gasteiger partial charge >= 0.3 is 35.5 Å². The Morgan fingerprint density at radius 1 is 1.04 bits per heavy atom. The van der Waals surface area contributed by atoms with Crippen LogP contribution in [-0.4, -0.2) is 34.7 Å². The second-order valence-corrected chi connectivity index (χ2v) is 5.52.